The summed E-state index contributed by atoms with van der Waals surface area (Å²) >= 11 is 5.63. The molecule has 6 nitrogen and oxygen atoms in total. The molecule has 1 saturated heterocycles. The number of hydrogen-bond donors (Lipinski definition) is 0. The lowest BCUT2D eigenvalue weighted by atomic mass is 10.3. The van der Waals surface area contributed by atoms with Gasteiger partial charge in [-0.1, -0.05) is 6.92 Å². The average Bonchev–Trinajstić information content (AvgIpc) is 2.37. The van der Waals surface area contributed by atoms with Crippen LogP contribution in [0.3, 0.4) is 0 Å². The van der Waals surface area contributed by atoms with Crippen LogP contribution in [-0.4, -0.2) is 68.6 Å². The maximum absolute atomic E-state index is 12.0. The summed E-state index contributed by atoms with van der Waals surface area (Å²) in [5.41, 5.74) is 0. The maximum atomic E-state index is 12.0. The van der Waals surface area contributed by atoms with Crippen molar-refractivity contribution in [1.29, 1.82) is 0 Å². The van der Waals surface area contributed by atoms with Gasteiger partial charge in [-0.15, -0.1) is 11.6 Å². The lowest BCUT2D eigenvalue weighted by molar-refractivity contribution is 0.108. The second-order valence-electron chi connectivity index (χ2n) is 4.39. The highest BCUT2D eigenvalue weighted by Gasteiger charge is 2.29. The van der Waals surface area contributed by atoms with Gasteiger partial charge in [0.2, 0.25) is 10.0 Å². The molecule has 1 unspecified atom stereocenters. The van der Waals surface area contributed by atoms with Crippen LogP contribution in [-0.2, 0) is 14.8 Å². The van der Waals surface area contributed by atoms with Crippen LogP contribution in [0, 0.1) is 5.92 Å². The van der Waals surface area contributed by atoms with Crippen molar-refractivity contribution >= 4 is 27.7 Å². The van der Waals surface area contributed by atoms with Crippen LogP contribution in [0.25, 0.3) is 0 Å². The van der Waals surface area contributed by atoms with Crippen LogP contribution in [0.5, 0.6) is 0 Å². The van der Waals surface area contributed by atoms with Gasteiger partial charge < -0.3 is 9.64 Å². The second kappa shape index (κ2) is 6.58. The van der Waals surface area contributed by atoms with Crippen molar-refractivity contribution in [2.45, 2.75) is 6.92 Å². The Hall–Kier alpha value is -0.530. The summed E-state index contributed by atoms with van der Waals surface area (Å²) in [6, 6.07) is 0. The van der Waals surface area contributed by atoms with Crippen molar-refractivity contribution in [1.82, 2.24) is 9.21 Å². The number of piperazine rings is 1. The third kappa shape index (κ3) is 4.00. The van der Waals surface area contributed by atoms with Crippen molar-refractivity contribution in [2.75, 3.05) is 44.9 Å². The zero-order chi connectivity index (χ0) is 13.8. The van der Waals surface area contributed by atoms with E-state index in [4.69, 9.17) is 11.6 Å². The van der Waals surface area contributed by atoms with E-state index < -0.39 is 16.1 Å². The summed E-state index contributed by atoms with van der Waals surface area (Å²) in [4.78, 5) is 12.8. The maximum Gasteiger partial charge on any atom is 0.409 e. The Morgan fingerprint density at radius 1 is 1.33 bits per heavy atom. The van der Waals surface area contributed by atoms with E-state index in [1.165, 1.54) is 16.3 Å². The van der Waals surface area contributed by atoms with E-state index in [1.807, 2.05) is 0 Å². The van der Waals surface area contributed by atoms with Gasteiger partial charge in [0.15, 0.2) is 0 Å². The van der Waals surface area contributed by atoms with Gasteiger partial charge in [0, 0.05) is 32.1 Å². The standard InChI is InChI=1S/C10H19ClN2O4S/c1-9(7-11)8-18(15,16)13-5-3-12(4-6-13)10(14)17-2/h9H,3-8H2,1-2H3. The number of ether oxygens (including phenoxy) is 1. The van der Waals surface area contributed by atoms with E-state index in [1.54, 1.807) is 6.92 Å². The Labute approximate surface area is 113 Å². The Balaban J connectivity index is 2.54. The summed E-state index contributed by atoms with van der Waals surface area (Å²) in [6.07, 6.45) is -0.416. The summed E-state index contributed by atoms with van der Waals surface area (Å²) in [7, 11) is -1.97. The zero-order valence-electron chi connectivity index (χ0n) is 10.6. The Morgan fingerprint density at radius 2 is 1.89 bits per heavy atom. The van der Waals surface area contributed by atoms with E-state index in [2.05, 4.69) is 4.74 Å². The van der Waals surface area contributed by atoms with E-state index in [0.717, 1.165) is 0 Å². The third-order valence-corrected chi connectivity index (χ3v) is 5.49. The van der Waals surface area contributed by atoms with Gasteiger partial charge in [-0.25, -0.2) is 13.2 Å². The van der Waals surface area contributed by atoms with Gasteiger partial charge in [-0.05, 0) is 5.92 Å². The summed E-state index contributed by atoms with van der Waals surface area (Å²) < 4.78 is 30.1. The number of amides is 1. The van der Waals surface area contributed by atoms with Crippen LogP contribution in [0.4, 0.5) is 4.79 Å². The fourth-order valence-corrected chi connectivity index (χ4v) is 3.79. The number of methoxy groups -OCH3 is 1. The van der Waals surface area contributed by atoms with Crippen molar-refractivity contribution in [3.63, 3.8) is 0 Å². The molecule has 0 N–H and O–H groups in total. The second-order valence-corrected chi connectivity index (χ2v) is 6.72. The summed E-state index contributed by atoms with van der Waals surface area (Å²) in [5, 5.41) is 0. The number of sulfonamides is 1. The number of carbonyl (C=O) groups excluding carboxylic acids is 1. The quantitative estimate of drug-likeness (QED) is 0.712. The Kier molecular flexibility index (Phi) is 5.68. The number of carbonyl (C=O) groups is 1. The Bertz CT molecular complexity index is 379. The fourth-order valence-electron chi connectivity index (χ4n) is 1.79. The molecule has 0 spiro atoms. The first kappa shape index (κ1) is 15.5. The molecule has 1 atom stereocenters. The van der Waals surface area contributed by atoms with Crippen LogP contribution >= 0.6 is 11.6 Å². The first-order valence-electron chi connectivity index (χ1n) is 5.77. The molecule has 0 aromatic carbocycles. The molecular weight excluding hydrogens is 280 g/mol. The molecule has 18 heavy (non-hydrogen) atoms. The predicted octanol–water partition coefficient (Wildman–Crippen LogP) is 0.575. The fraction of sp³-hybridized carbons (Fsp3) is 0.900. The number of rotatable bonds is 4. The van der Waals surface area contributed by atoms with E-state index in [0.29, 0.717) is 32.1 Å². The highest BCUT2D eigenvalue weighted by Crippen LogP contribution is 2.12. The number of alkyl halides is 1. The van der Waals surface area contributed by atoms with Gasteiger partial charge in [0.05, 0.1) is 12.9 Å². The van der Waals surface area contributed by atoms with Gasteiger partial charge in [-0.3, -0.25) is 0 Å². The molecule has 0 aromatic heterocycles. The van der Waals surface area contributed by atoms with E-state index in [-0.39, 0.29) is 11.7 Å². The molecular formula is C10H19ClN2O4S. The molecule has 1 rings (SSSR count). The minimum absolute atomic E-state index is 0.0503. The molecule has 0 saturated carbocycles. The number of halogens is 1. The van der Waals surface area contributed by atoms with Crippen molar-refractivity contribution < 1.29 is 17.9 Å². The van der Waals surface area contributed by atoms with E-state index in [9.17, 15) is 13.2 Å². The Morgan fingerprint density at radius 3 is 2.33 bits per heavy atom. The van der Waals surface area contributed by atoms with Crippen LogP contribution < -0.4 is 0 Å². The van der Waals surface area contributed by atoms with Crippen molar-refractivity contribution in [3.05, 3.63) is 0 Å². The van der Waals surface area contributed by atoms with Crippen LogP contribution in [0.2, 0.25) is 0 Å². The monoisotopic (exact) mass is 298 g/mol. The molecule has 1 aliphatic rings. The molecule has 0 aliphatic carbocycles. The number of nitrogens with zero attached hydrogens (tertiary/aromatic N) is 2. The average molecular weight is 299 g/mol. The van der Waals surface area contributed by atoms with Gasteiger partial charge in [0.25, 0.3) is 0 Å². The first-order valence-corrected chi connectivity index (χ1v) is 7.91. The minimum atomic E-state index is -3.28. The molecule has 106 valence electrons. The van der Waals surface area contributed by atoms with Crippen molar-refractivity contribution in [3.8, 4) is 0 Å². The molecule has 0 bridgehead atoms. The van der Waals surface area contributed by atoms with Crippen LogP contribution in [0.1, 0.15) is 6.92 Å². The van der Waals surface area contributed by atoms with E-state index >= 15 is 0 Å². The highest BCUT2D eigenvalue weighted by atomic mass is 35.5. The third-order valence-electron chi connectivity index (χ3n) is 2.82. The summed E-state index contributed by atoms with van der Waals surface area (Å²) in [5.74, 6) is 0.297. The molecule has 1 aliphatic heterocycles. The first-order chi connectivity index (χ1) is 8.40. The molecule has 0 radical (unpaired) electrons. The number of hydrogen-bond acceptors (Lipinski definition) is 4. The zero-order valence-corrected chi connectivity index (χ0v) is 12.2. The lowest BCUT2D eigenvalue weighted by Gasteiger charge is -2.33. The van der Waals surface area contributed by atoms with Gasteiger partial charge in [-0.2, -0.15) is 4.31 Å². The van der Waals surface area contributed by atoms with Crippen LogP contribution in [0.15, 0.2) is 0 Å². The molecule has 0 aromatic rings. The van der Waals surface area contributed by atoms with Gasteiger partial charge >= 0.3 is 6.09 Å². The smallest absolute Gasteiger partial charge is 0.409 e. The molecule has 8 heteroatoms. The molecule has 1 amide bonds. The topological polar surface area (TPSA) is 66.9 Å². The predicted molar refractivity (Wildman–Crippen MR) is 69.2 cm³/mol. The van der Waals surface area contributed by atoms with Gasteiger partial charge in [0.1, 0.15) is 0 Å². The molecule has 1 fully saturated rings. The summed E-state index contributed by atoms with van der Waals surface area (Å²) in [6.45, 7) is 3.15. The van der Waals surface area contributed by atoms with Crippen molar-refractivity contribution in [2.24, 2.45) is 5.92 Å². The normalized spacial score (nSPS) is 19.6. The largest absolute Gasteiger partial charge is 0.453 e. The SMILES string of the molecule is COC(=O)N1CCN(S(=O)(=O)CC(C)CCl)CC1. The minimum Gasteiger partial charge on any atom is -0.453 e. The lowest BCUT2D eigenvalue weighted by Crippen LogP contribution is -2.51. The molecule has 1 heterocycles. The highest BCUT2D eigenvalue weighted by molar-refractivity contribution is 7.89.